The van der Waals surface area contributed by atoms with E-state index in [-0.39, 0.29) is 0 Å². The molecule has 6 heteroatoms. The van der Waals surface area contributed by atoms with Crippen LogP contribution in [-0.2, 0) is 14.1 Å². The predicted molar refractivity (Wildman–Crippen MR) is 45.9 cm³/mol. The smallest absolute Gasteiger partial charge is 0.354 e. The van der Waals surface area contributed by atoms with Crippen molar-refractivity contribution in [1.82, 2.24) is 0 Å². The fourth-order valence-electron chi connectivity index (χ4n) is 0.685. The largest absolute Gasteiger partial charge is 0.467 e. The number of ether oxygens (including phenoxy) is 1. The molecule has 0 saturated heterocycles. The van der Waals surface area contributed by atoms with E-state index >= 15 is 0 Å². The van der Waals surface area contributed by atoms with E-state index in [1.807, 2.05) is 0 Å². The number of carbonyl (C=O) groups is 1. The van der Waals surface area contributed by atoms with E-state index < -0.39 is 18.7 Å². The summed E-state index contributed by atoms with van der Waals surface area (Å²) in [6.07, 6.45) is 0. The van der Waals surface area contributed by atoms with Crippen molar-refractivity contribution in [1.29, 1.82) is 0 Å². The van der Waals surface area contributed by atoms with Crippen LogP contribution in [0.1, 0.15) is 13.8 Å². The minimum absolute atomic E-state index is 1.03. The van der Waals surface area contributed by atoms with Crippen molar-refractivity contribution >= 4 is 13.6 Å². The molecule has 74 valence electrons. The van der Waals surface area contributed by atoms with Gasteiger partial charge in [-0.1, -0.05) is 5.92 Å². The number of esters is 1. The van der Waals surface area contributed by atoms with Crippen molar-refractivity contribution in [3.63, 3.8) is 0 Å². The molecule has 1 unspecified atom stereocenters. The van der Waals surface area contributed by atoms with Crippen LogP contribution in [0.3, 0.4) is 0 Å². The van der Waals surface area contributed by atoms with Crippen LogP contribution in [0, 0.1) is 11.8 Å². The molecule has 0 heterocycles. The molecular formula is C7H11O5P. The van der Waals surface area contributed by atoms with Crippen LogP contribution in [0.15, 0.2) is 0 Å². The monoisotopic (exact) mass is 206 g/mol. The summed E-state index contributed by atoms with van der Waals surface area (Å²) < 4.78 is 15.2. The highest BCUT2D eigenvalue weighted by Gasteiger charge is 2.49. The molecule has 13 heavy (non-hydrogen) atoms. The van der Waals surface area contributed by atoms with Gasteiger partial charge in [0, 0.05) is 0 Å². The fraction of sp³-hybridized carbons (Fsp3) is 0.571. The van der Waals surface area contributed by atoms with E-state index in [0.29, 0.717) is 0 Å². The molecule has 0 amide bonds. The van der Waals surface area contributed by atoms with Crippen LogP contribution in [0.2, 0.25) is 0 Å². The molecule has 0 aliphatic rings. The molecule has 2 N–H and O–H groups in total. The van der Waals surface area contributed by atoms with Crippen molar-refractivity contribution in [2.75, 3.05) is 7.11 Å². The lowest BCUT2D eigenvalue weighted by Crippen LogP contribution is -2.34. The first kappa shape index (κ1) is 12.2. The highest BCUT2D eigenvalue weighted by molar-refractivity contribution is 7.55. The predicted octanol–water partition coefficient (Wildman–Crippen LogP) is 0.119. The van der Waals surface area contributed by atoms with Crippen molar-refractivity contribution in [2.45, 2.75) is 19.0 Å². The molecule has 0 radical (unpaired) electrons. The zero-order chi connectivity index (χ0) is 10.7. The molecule has 0 spiro atoms. The normalized spacial score (nSPS) is 15.2. The van der Waals surface area contributed by atoms with Crippen molar-refractivity contribution in [3.05, 3.63) is 0 Å². The number of hydrogen-bond donors (Lipinski definition) is 2. The maximum absolute atomic E-state index is 11.1. The Bertz CT molecular complexity index is 307. The zero-order valence-electron chi connectivity index (χ0n) is 7.57. The Hall–Kier alpha value is -0.820. The number of rotatable bonds is 2. The Morgan fingerprint density at radius 2 is 2.00 bits per heavy atom. The summed E-state index contributed by atoms with van der Waals surface area (Å²) in [7, 11) is -3.58. The molecule has 0 saturated carbocycles. The van der Waals surface area contributed by atoms with Gasteiger partial charge in [0.05, 0.1) is 7.11 Å². The van der Waals surface area contributed by atoms with Gasteiger partial charge in [-0.05, 0) is 13.8 Å². The molecule has 0 aliphatic heterocycles. The van der Waals surface area contributed by atoms with Gasteiger partial charge in [-0.25, -0.2) is 4.79 Å². The third kappa shape index (κ3) is 2.31. The van der Waals surface area contributed by atoms with Gasteiger partial charge in [-0.3, -0.25) is 4.57 Å². The molecule has 0 aliphatic carbocycles. The van der Waals surface area contributed by atoms with Crippen LogP contribution < -0.4 is 0 Å². The van der Waals surface area contributed by atoms with E-state index in [4.69, 9.17) is 9.79 Å². The van der Waals surface area contributed by atoms with Gasteiger partial charge in [0.25, 0.3) is 0 Å². The Balaban J connectivity index is 5.29. The fourth-order valence-corrected chi connectivity index (χ4v) is 1.27. The first-order valence-corrected chi connectivity index (χ1v) is 4.99. The summed E-state index contributed by atoms with van der Waals surface area (Å²) in [6, 6.07) is 0. The van der Waals surface area contributed by atoms with Crippen LogP contribution in [0.4, 0.5) is 0 Å². The molecule has 0 aromatic carbocycles. The van der Waals surface area contributed by atoms with Crippen LogP contribution >= 0.6 is 7.60 Å². The maximum Gasteiger partial charge on any atom is 0.354 e. The van der Waals surface area contributed by atoms with Gasteiger partial charge in [-0.15, -0.1) is 5.92 Å². The second-order valence-corrected chi connectivity index (χ2v) is 4.47. The summed E-state index contributed by atoms with van der Waals surface area (Å²) in [5, 5.41) is -2.06. The quantitative estimate of drug-likeness (QED) is 0.381. The minimum Gasteiger partial charge on any atom is -0.467 e. The summed E-state index contributed by atoms with van der Waals surface area (Å²) in [5.74, 6) is 3.42. The molecular weight excluding hydrogens is 195 g/mol. The second kappa shape index (κ2) is 3.93. The molecule has 0 aromatic rings. The van der Waals surface area contributed by atoms with Gasteiger partial charge in [0.15, 0.2) is 0 Å². The molecule has 0 fully saturated rings. The Morgan fingerprint density at radius 3 is 2.23 bits per heavy atom. The first-order chi connectivity index (χ1) is 5.79. The van der Waals surface area contributed by atoms with Crippen LogP contribution in [-0.4, -0.2) is 28.0 Å². The lowest BCUT2D eigenvalue weighted by molar-refractivity contribution is -0.142. The average molecular weight is 206 g/mol. The Kier molecular flexibility index (Phi) is 3.68. The standard InChI is InChI=1S/C7H11O5P/c1-4-5-7(2,6(8)12-3)13(9,10)11/h1-3H3,(H2,9,10,11). The van der Waals surface area contributed by atoms with Gasteiger partial charge in [0.2, 0.25) is 5.16 Å². The van der Waals surface area contributed by atoms with E-state index in [0.717, 1.165) is 14.0 Å². The second-order valence-electron chi connectivity index (χ2n) is 2.48. The van der Waals surface area contributed by atoms with E-state index in [1.165, 1.54) is 6.92 Å². The lowest BCUT2D eigenvalue weighted by atomic mass is 10.2. The summed E-state index contributed by atoms with van der Waals surface area (Å²) in [4.78, 5) is 28.8. The van der Waals surface area contributed by atoms with E-state index in [9.17, 15) is 9.36 Å². The lowest BCUT2D eigenvalue weighted by Gasteiger charge is -2.21. The Morgan fingerprint density at radius 1 is 1.54 bits per heavy atom. The van der Waals surface area contributed by atoms with Crippen LogP contribution in [0.25, 0.3) is 0 Å². The highest BCUT2D eigenvalue weighted by atomic mass is 31.2. The molecule has 1 atom stereocenters. The van der Waals surface area contributed by atoms with Crippen molar-refractivity contribution in [3.8, 4) is 11.8 Å². The summed E-state index contributed by atoms with van der Waals surface area (Å²) >= 11 is 0. The molecule has 0 aromatic heterocycles. The van der Waals surface area contributed by atoms with Gasteiger partial charge in [-0.2, -0.15) is 0 Å². The number of methoxy groups -OCH3 is 1. The third-order valence-corrected chi connectivity index (χ3v) is 2.99. The number of hydrogen-bond acceptors (Lipinski definition) is 3. The van der Waals surface area contributed by atoms with E-state index in [2.05, 4.69) is 16.6 Å². The Labute approximate surface area is 76.3 Å². The van der Waals surface area contributed by atoms with Gasteiger partial charge in [0.1, 0.15) is 0 Å². The molecule has 0 rings (SSSR count). The van der Waals surface area contributed by atoms with Gasteiger partial charge < -0.3 is 14.5 Å². The van der Waals surface area contributed by atoms with Gasteiger partial charge >= 0.3 is 13.6 Å². The van der Waals surface area contributed by atoms with E-state index in [1.54, 1.807) is 0 Å². The minimum atomic E-state index is -4.63. The zero-order valence-corrected chi connectivity index (χ0v) is 8.46. The maximum atomic E-state index is 11.1. The summed E-state index contributed by atoms with van der Waals surface area (Å²) in [6.45, 7) is 2.44. The number of carbonyl (C=O) groups excluding carboxylic acids is 1. The summed E-state index contributed by atoms with van der Waals surface area (Å²) in [5.41, 5.74) is 0. The topological polar surface area (TPSA) is 83.8 Å². The molecule has 0 bridgehead atoms. The molecule has 5 nitrogen and oxygen atoms in total. The van der Waals surface area contributed by atoms with Crippen molar-refractivity contribution in [2.24, 2.45) is 0 Å². The third-order valence-electron chi connectivity index (χ3n) is 1.53. The SMILES string of the molecule is CC#CC(C)(C(=O)OC)P(=O)(O)O. The van der Waals surface area contributed by atoms with Crippen LogP contribution in [0.5, 0.6) is 0 Å². The highest BCUT2D eigenvalue weighted by Crippen LogP contribution is 2.50. The average Bonchev–Trinajstić information content (AvgIpc) is 2.01. The van der Waals surface area contributed by atoms with Crippen molar-refractivity contribution < 1.29 is 23.9 Å². The first-order valence-electron chi connectivity index (χ1n) is 3.37.